The zero-order valence-electron chi connectivity index (χ0n) is 14.3. The minimum atomic E-state index is -4.49. The molecule has 1 aliphatic carbocycles. The van der Waals surface area contributed by atoms with Gasteiger partial charge in [0.2, 0.25) is 5.91 Å². The van der Waals surface area contributed by atoms with Crippen LogP contribution in [0.3, 0.4) is 0 Å². The highest BCUT2D eigenvalue weighted by atomic mass is 32.1. The maximum atomic E-state index is 13.1. The fourth-order valence-electron chi connectivity index (χ4n) is 3.85. The minimum absolute atomic E-state index is 0.0147. The quantitative estimate of drug-likeness (QED) is 0.697. The molecule has 4 rings (SSSR count). The highest BCUT2D eigenvalue weighted by Gasteiger charge is 2.40. The average Bonchev–Trinajstić information content (AvgIpc) is 3.15. The molecule has 0 spiro atoms. The van der Waals surface area contributed by atoms with Crippen LogP contribution in [0.1, 0.15) is 42.0 Å². The number of ketones is 1. The normalized spacial score (nSPS) is 20.9. The van der Waals surface area contributed by atoms with Gasteiger partial charge in [0.05, 0.1) is 5.56 Å². The van der Waals surface area contributed by atoms with E-state index in [0.717, 1.165) is 17.0 Å². The first-order valence-electron chi connectivity index (χ1n) is 8.66. The fourth-order valence-corrected chi connectivity index (χ4v) is 4.68. The lowest BCUT2D eigenvalue weighted by atomic mass is 9.79. The van der Waals surface area contributed by atoms with Gasteiger partial charge in [-0.05, 0) is 42.5 Å². The van der Waals surface area contributed by atoms with Crippen molar-refractivity contribution in [3.8, 4) is 0 Å². The molecule has 2 aromatic rings. The standard InChI is InChI=1S/C20H16F3NO2S/c21-20(22,23)12-4-1-5-13(10-12)24-15-6-2-7-16(25)19(15)14(11-18(24)26)17-8-3-9-27-17/h1,3-5,8-10,14H,2,6-7,11H2/t14-/m0/s1. The van der Waals surface area contributed by atoms with E-state index in [0.29, 0.717) is 30.5 Å². The average molecular weight is 391 g/mol. The number of hydrogen-bond donors (Lipinski definition) is 0. The van der Waals surface area contributed by atoms with Crippen molar-refractivity contribution >= 4 is 28.7 Å². The lowest BCUT2D eigenvalue weighted by molar-refractivity contribution is -0.137. The molecular weight excluding hydrogens is 375 g/mol. The van der Waals surface area contributed by atoms with E-state index >= 15 is 0 Å². The maximum Gasteiger partial charge on any atom is 0.416 e. The molecule has 0 saturated heterocycles. The molecule has 0 unspecified atom stereocenters. The molecule has 2 heterocycles. The molecule has 1 aromatic carbocycles. The van der Waals surface area contributed by atoms with Gasteiger partial charge < -0.3 is 0 Å². The Morgan fingerprint density at radius 3 is 2.59 bits per heavy atom. The number of thiophene rings is 1. The number of hydrogen-bond acceptors (Lipinski definition) is 3. The van der Waals surface area contributed by atoms with Crippen molar-refractivity contribution in [2.24, 2.45) is 0 Å². The number of alkyl halides is 3. The van der Waals surface area contributed by atoms with Crippen molar-refractivity contribution in [2.75, 3.05) is 4.90 Å². The summed E-state index contributed by atoms with van der Waals surface area (Å²) in [5.74, 6) is -0.595. The number of benzene rings is 1. The van der Waals surface area contributed by atoms with Crippen molar-refractivity contribution in [3.05, 3.63) is 63.5 Å². The van der Waals surface area contributed by atoms with Gasteiger partial charge in [0.15, 0.2) is 5.78 Å². The SMILES string of the molecule is O=C1CCCC2=C1[C@H](c1cccs1)CC(=O)N2c1cccc(C(F)(F)F)c1. The van der Waals surface area contributed by atoms with Crippen LogP contribution in [0.4, 0.5) is 18.9 Å². The van der Waals surface area contributed by atoms with Crippen LogP contribution in [0.15, 0.2) is 53.0 Å². The molecule has 0 saturated carbocycles. The molecule has 1 aliphatic heterocycles. The molecule has 1 amide bonds. The smallest absolute Gasteiger partial charge is 0.294 e. The number of carbonyl (C=O) groups excluding carboxylic acids is 2. The van der Waals surface area contributed by atoms with Crippen LogP contribution >= 0.6 is 11.3 Å². The summed E-state index contributed by atoms with van der Waals surface area (Å²) in [6.45, 7) is 0. The summed E-state index contributed by atoms with van der Waals surface area (Å²) >= 11 is 1.49. The van der Waals surface area contributed by atoms with Gasteiger partial charge in [-0.25, -0.2) is 0 Å². The number of rotatable bonds is 2. The largest absolute Gasteiger partial charge is 0.416 e. The van der Waals surface area contributed by atoms with Crippen molar-refractivity contribution in [1.82, 2.24) is 0 Å². The lowest BCUT2D eigenvalue weighted by Gasteiger charge is -2.38. The van der Waals surface area contributed by atoms with Gasteiger partial charge in [-0.2, -0.15) is 13.2 Å². The number of anilines is 1. The van der Waals surface area contributed by atoms with Crippen molar-refractivity contribution in [3.63, 3.8) is 0 Å². The molecule has 0 N–H and O–H groups in total. The predicted octanol–water partition coefficient (Wildman–Crippen LogP) is 5.29. The Hall–Kier alpha value is -2.41. The number of Topliss-reactive ketones (excluding diaryl/α,β-unsaturated/α-hetero) is 1. The Labute approximate surface area is 158 Å². The molecule has 0 radical (unpaired) electrons. The number of nitrogens with zero attached hydrogens (tertiary/aromatic N) is 1. The number of carbonyl (C=O) groups is 2. The minimum Gasteiger partial charge on any atom is -0.294 e. The number of allylic oxidation sites excluding steroid dienone is 2. The first-order chi connectivity index (χ1) is 12.9. The monoisotopic (exact) mass is 391 g/mol. The van der Waals surface area contributed by atoms with E-state index in [1.807, 2.05) is 17.5 Å². The molecule has 140 valence electrons. The van der Waals surface area contributed by atoms with E-state index in [1.54, 1.807) is 0 Å². The summed E-state index contributed by atoms with van der Waals surface area (Å²) in [6, 6.07) is 8.51. The van der Waals surface area contributed by atoms with E-state index in [9.17, 15) is 22.8 Å². The summed E-state index contributed by atoms with van der Waals surface area (Å²) < 4.78 is 39.3. The molecule has 0 fully saturated rings. The van der Waals surface area contributed by atoms with Crippen LogP contribution in [0.5, 0.6) is 0 Å². The van der Waals surface area contributed by atoms with Crippen molar-refractivity contribution in [2.45, 2.75) is 37.8 Å². The fraction of sp³-hybridized carbons (Fsp3) is 0.300. The predicted molar refractivity (Wildman–Crippen MR) is 96.5 cm³/mol. The second-order valence-electron chi connectivity index (χ2n) is 6.69. The summed E-state index contributed by atoms with van der Waals surface area (Å²) in [7, 11) is 0. The molecular formula is C20H16F3NO2S. The van der Waals surface area contributed by atoms with E-state index in [1.165, 1.54) is 28.4 Å². The first-order valence-corrected chi connectivity index (χ1v) is 9.54. The van der Waals surface area contributed by atoms with Gasteiger partial charge >= 0.3 is 6.18 Å². The Morgan fingerprint density at radius 2 is 1.89 bits per heavy atom. The molecule has 2 aliphatic rings. The molecule has 27 heavy (non-hydrogen) atoms. The third kappa shape index (κ3) is 3.20. The van der Waals surface area contributed by atoms with E-state index in [2.05, 4.69) is 0 Å². The summed E-state index contributed by atoms with van der Waals surface area (Å²) in [4.78, 5) is 27.9. The van der Waals surface area contributed by atoms with E-state index < -0.39 is 11.7 Å². The van der Waals surface area contributed by atoms with Gasteiger partial charge in [-0.1, -0.05) is 12.1 Å². The molecule has 0 bridgehead atoms. The highest BCUT2D eigenvalue weighted by molar-refractivity contribution is 7.10. The first kappa shape index (κ1) is 18.0. The van der Waals surface area contributed by atoms with Crippen molar-refractivity contribution < 1.29 is 22.8 Å². The maximum absolute atomic E-state index is 13.1. The van der Waals surface area contributed by atoms with Crippen LogP contribution in [0, 0.1) is 0 Å². The Kier molecular flexibility index (Phi) is 4.42. The highest BCUT2D eigenvalue weighted by Crippen LogP contribution is 2.45. The number of halogens is 3. The van der Waals surface area contributed by atoms with Gasteiger partial charge in [-0.15, -0.1) is 11.3 Å². The van der Waals surface area contributed by atoms with Gasteiger partial charge in [0, 0.05) is 40.6 Å². The van der Waals surface area contributed by atoms with Crippen molar-refractivity contribution in [1.29, 1.82) is 0 Å². The topological polar surface area (TPSA) is 37.4 Å². The third-order valence-corrected chi connectivity index (χ3v) is 5.98. The van der Waals surface area contributed by atoms with Crippen LogP contribution in [0.25, 0.3) is 0 Å². The zero-order chi connectivity index (χ0) is 19.2. The van der Waals surface area contributed by atoms with Crippen LogP contribution < -0.4 is 4.90 Å². The van der Waals surface area contributed by atoms with E-state index in [-0.39, 0.29) is 29.7 Å². The lowest BCUT2D eigenvalue weighted by Crippen LogP contribution is -2.40. The van der Waals surface area contributed by atoms with Crippen LogP contribution in [0.2, 0.25) is 0 Å². The third-order valence-electron chi connectivity index (χ3n) is 4.99. The Bertz CT molecular complexity index is 931. The van der Waals surface area contributed by atoms with Crippen LogP contribution in [-0.4, -0.2) is 11.7 Å². The molecule has 1 aromatic heterocycles. The molecule has 1 atom stereocenters. The van der Waals surface area contributed by atoms with Gasteiger partial charge in [-0.3, -0.25) is 14.5 Å². The second-order valence-corrected chi connectivity index (χ2v) is 7.67. The number of amides is 1. The van der Waals surface area contributed by atoms with E-state index in [4.69, 9.17) is 0 Å². The Morgan fingerprint density at radius 1 is 1.07 bits per heavy atom. The Balaban J connectivity index is 1.84. The van der Waals surface area contributed by atoms with Crippen LogP contribution in [-0.2, 0) is 15.8 Å². The summed E-state index contributed by atoms with van der Waals surface area (Å²) in [6.07, 6.45) is -2.90. The summed E-state index contributed by atoms with van der Waals surface area (Å²) in [5, 5.41) is 1.90. The van der Waals surface area contributed by atoms with Gasteiger partial charge in [0.25, 0.3) is 0 Å². The van der Waals surface area contributed by atoms with Gasteiger partial charge in [0.1, 0.15) is 0 Å². The molecule has 3 nitrogen and oxygen atoms in total. The second kappa shape index (κ2) is 6.64. The summed E-state index contributed by atoms with van der Waals surface area (Å²) in [5.41, 5.74) is 0.500. The molecule has 7 heteroatoms. The zero-order valence-corrected chi connectivity index (χ0v) is 15.1.